The van der Waals surface area contributed by atoms with Gasteiger partial charge in [-0.05, 0) is 43.4 Å². The number of hydrogen-bond donors (Lipinski definition) is 1. The van der Waals surface area contributed by atoms with Gasteiger partial charge in [-0.3, -0.25) is 0 Å². The van der Waals surface area contributed by atoms with Crippen molar-refractivity contribution in [2.45, 2.75) is 0 Å². The summed E-state index contributed by atoms with van der Waals surface area (Å²) in [6.07, 6.45) is 3.45. The molecule has 3 aromatic rings. The van der Waals surface area contributed by atoms with Crippen LogP contribution in [0.1, 0.15) is 5.56 Å². The van der Waals surface area contributed by atoms with Crippen molar-refractivity contribution < 1.29 is 4.39 Å². The highest BCUT2D eigenvalue weighted by molar-refractivity contribution is 5.63. The summed E-state index contributed by atoms with van der Waals surface area (Å²) in [5, 5.41) is 12.1. The van der Waals surface area contributed by atoms with E-state index in [-0.39, 0.29) is 5.56 Å². The third-order valence-corrected chi connectivity index (χ3v) is 4.89. The van der Waals surface area contributed by atoms with Crippen molar-refractivity contribution in [1.29, 1.82) is 5.26 Å². The second-order valence-electron chi connectivity index (χ2n) is 6.89. The molecule has 1 aliphatic rings. The van der Waals surface area contributed by atoms with Crippen LogP contribution >= 0.6 is 0 Å². The van der Waals surface area contributed by atoms with E-state index in [4.69, 9.17) is 5.26 Å². The molecule has 0 amide bonds. The molecule has 3 heterocycles. The van der Waals surface area contributed by atoms with Crippen molar-refractivity contribution in [3.05, 3.63) is 60.2 Å². The van der Waals surface area contributed by atoms with Gasteiger partial charge < -0.3 is 15.1 Å². The minimum atomic E-state index is -0.548. The lowest BCUT2D eigenvalue weighted by Crippen LogP contribution is -2.44. The van der Waals surface area contributed by atoms with Crippen molar-refractivity contribution in [2.75, 3.05) is 43.4 Å². The fourth-order valence-electron chi connectivity index (χ4n) is 3.18. The van der Waals surface area contributed by atoms with Gasteiger partial charge in [-0.2, -0.15) is 5.26 Å². The Kier molecular flexibility index (Phi) is 5.31. The zero-order valence-electron chi connectivity index (χ0n) is 16.0. The lowest BCUT2D eigenvalue weighted by atomic mass is 10.1. The van der Waals surface area contributed by atoms with E-state index in [2.05, 4.69) is 37.1 Å². The molecule has 0 atom stereocenters. The maximum atomic E-state index is 13.6. The van der Waals surface area contributed by atoms with Crippen LogP contribution in [0.15, 0.2) is 48.8 Å². The first-order chi connectivity index (χ1) is 14.1. The SMILES string of the molecule is CN1CCN(c2ccc(Nc3nccc(-c4ccc(F)c(C#N)c4)n3)nc2)CC1. The Balaban J connectivity index is 1.49. The largest absolute Gasteiger partial charge is 0.368 e. The van der Waals surface area contributed by atoms with E-state index >= 15 is 0 Å². The summed E-state index contributed by atoms with van der Waals surface area (Å²) in [5.74, 6) is 0.468. The van der Waals surface area contributed by atoms with Crippen molar-refractivity contribution in [2.24, 2.45) is 0 Å². The molecule has 29 heavy (non-hydrogen) atoms. The molecule has 7 nitrogen and oxygen atoms in total. The lowest BCUT2D eigenvalue weighted by molar-refractivity contribution is 0.313. The number of benzene rings is 1. The van der Waals surface area contributed by atoms with E-state index in [0.29, 0.717) is 23.0 Å². The van der Waals surface area contributed by atoms with E-state index in [1.807, 2.05) is 24.4 Å². The van der Waals surface area contributed by atoms with Crippen LogP contribution in [-0.2, 0) is 0 Å². The first kappa shape index (κ1) is 18.8. The number of nitrogens with one attached hydrogen (secondary N) is 1. The first-order valence-corrected chi connectivity index (χ1v) is 9.32. The average molecular weight is 389 g/mol. The quantitative estimate of drug-likeness (QED) is 0.734. The van der Waals surface area contributed by atoms with Crippen molar-refractivity contribution in [1.82, 2.24) is 19.9 Å². The zero-order valence-corrected chi connectivity index (χ0v) is 16.0. The normalized spacial score (nSPS) is 14.4. The number of aromatic nitrogens is 3. The Labute approximate surface area is 168 Å². The van der Waals surface area contributed by atoms with Crippen LogP contribution in [-0.4, -0.2) is 53.1 Å². The molecule has 2 aromatic heterocycles. The van der Waals surface area contributed by atoms with Crippen molar-refractivity contribution in [3.63, 3.8) is 0 Å². The molecule has 1 fully saturated rings. The molecular formula is C21H20FN7. The van der Waals surface area contributed by atoms with Crippen LogP contribution in [0, 0.1) is 17.1 Å². The molecule has 0 bridgehead atoms. The molecule has 1 aromatic carbocycles. The maximum Gasteiger partial charge on any atom is 0.228 e. The van der Waals surface area contributed by atoms with Crippen LogP contribution in [0.4, 0.5) is 21.8 Å². The van der Waals surface area contributed by atoms with Gasteiger partial charge in [-0.15, -0.1) is 0 Å². The van der Waals surface area contributed by atoms with Gasteiger partial charge >= 0.3 is 0 Å². The highest BCUT2D eigenvalue weighted by atomic mass is 19.1. The zero-order chi connectivity index (χ0) is 20.2. The Hall–Kier alpha value is -3.57. The Morgan fingerprint density at radius 2 is 1.90 bits per heavy atom. The van der Waals surface area contributed by atoms with E-state index in [0.717, 1.165) is 31.9 Å². The number of anilines is 3. The number of pyridine rings is 1. The lowest BCUT2D eigenvalue weighted by Gasteiger charge is -2.33. The first-order valence-electron chi connectivity index (χ1n) is 9.32. The monoisotopic (exact) mass is 389 g/mol. The summed E-state index contributed by atoms with van der Waals surface area (Å²) in [7, 11) is 2.13. The van der Waals surface area contributed by atoms with E-state index in [9.17, 15) is 4.39 Å². The summed E-state index contributed by atoms with van der Waals surface area (Å²) in [5.41, 5.74) is 2.31. The fraction of sp³-hybridized carbons (Fsp3) is 0.238. The van der Waals surface area contributed by atoms with Crippen LogP contribution < -0.4 is 10.2 Å². The summed E-state index contributed by atoms with van der Waals surface area (Å²) in [4.78, 5) is 17.8. The van der Waals surface area contributed by atoms with Crippen LogP contribution in [0.3, 0.4) is 0 Å². The van der Waals surface area contributed by atoms with E-state index < -0.39 is 5.82 Å². The van der Waals surface area contributed by atoms with Gasteiger partial charge in [0, 0.05) is 37.9 Å². The van der Waals surface area contributed by atoms with Crippen molar-refractivity contribution in [3.8, 4) is 17.3 Å². The number of hydrogen-bond acceptors (Lipinski definition) is 7. The summed E-state index contributed by atoms with van der Waals surface area (Å²) in [6, 6.07) is 11.8. The van der Waals surface area contributed by atoms with E-state index in [1.54, 1.807) is 18.3 Å². The topological polar surface area (TPSA) is 81.0 Å². The predicted molar refractivity (Wildman–Crippen MR) is 109 cm³/mol. The van der Waals surface area contributed by atoms with Gasteiger partial charge in [0.2, 0.25) is 5.95 Å². The molecule has 0 spiro atoms. The molecular weight excluding hydrogens is 369 g/mol. The standard InChI is InChI=1S/C21H20FN7/c1-28-8-10-29(11-9-28)17-3-5-20(25-14-17)27-21-24-7-6-19(26-21)15-2-4-18(22)16(12-15)13-23/h2-7,12,14H,8-11H2,1H3,(H,24,25,26,27). The fourth-order valence-corrected chi connectivity index (χ4v) is 3.18. The van der Waals surface area contributed by atoms with Gasteiger partial charge in [0.1, 0.15) is 17.7 Å². The molecule has 0 radical (unpaired) electrons. The van der Waals surface area contributed by atoms with Crippen molar-refractivity contribution >= 4 is 17.5 Å². The number of rotatable bonds is 4. The molecule has 0 unspecified atom stereocenters. The highest BCUT2D eigenvalue weighted by Crippen LogP contribution is 2.22. The van der Waals surface area contributed by atoms with E-state index in [1.165, 1.54) is 12.1 Å². The Morgan fingerprint density at radius 1 is 1.07 bits per heavy atom. The summed E-state index contributed by atoms with van der Waals surface area (Å²) < 4.78 is 13.6. The Morgan fingerprint density at radius 3 is 2.62 bits per heavy atom. The van der Waals surface area contributed by atoms with Crippen LogP contribution in [0.25, 0.3) is 11.3 Å². The Bertz CT molecular complexity index is 1040. The number of piperazine rings is 1. The molecule has 1 saturated heterocycles. The molecule has 0 aliphatic carbocycles. The third kappa shape index (κ3) is 4.31. The van der Waals surface area contributed by atoms with Gasteiger partial charge in [-0.25, -0.2) is 19.3 Å². The molecule has 1 aliphatic heterocycles. The third-order valence-electron chi connectivity index (χ3n) is 4.89. The van der Waals surface area contributed by atoms with Gasteiger partial charge in [-0.1, -0.05) is 0 Å². The number of nitriles is 1. The predicted octanol–water partition coefficient (Wildman–Crippen LogP) is 3.04. The second-order valence-corrected chi connectivity index (χ2v) is 6.89. The van der Waals surface area contributed by atoms with Crippen LogP contribution in [0.2, 0.25) is 0 Å². The summed E-state index contributed by atoms with van der Waals surface area (Å²) in [6.45, 7) is 4.05. The minimum absolute atomic E-state index is 0.0169. The van der Waals surface area contributed by atoms with Gasteiger partial charge in [0.25, 0.3) is 0 Å². The maximum absolute atomic E-state index is 13.6. The number of likely N-dealkylation sites (N-methyl/N-ethyl adjacent to an activating group) is 1. The average Bonchev–Trinajstić information content (AvgIpc) is 2.75. The molecule has 0 saturated carbocycles. The van der Waals surface area contributed by atoms with Gasteiger partial charge in [0.15, 0.2) is 0 Å². The van der Waals surface area contributed by atoms with Crippen LogP contribution in [0.5, 0.6) is 0 Å². The highest BCUT2D eigenvalue weighted by Gasteiger charge is 2.14. The molecule has 146 valence electrons. The molecule has 4 rings (SSSR count). The minimum Gasteiger partial charge on any atom is -0.368 e. The van der Waals surface area contributed by atoms with Gasteiger partial charge in [0.05, 0.1) is 23.1 Å². The molecule has 1 N–H and O–H groups in total. The second kappa shape index (κ2) is 8.20. The number of halogens is 1. The summed E-state index contributed by atoms with van der Waals surface area (Å²) >= 11 is 0. The molecule has 8 heteroatoms. The smallest absolute Gasteiger partial charge is 0.228 e. The number of nitrogens with zero attached hydrogens (tertiary/aromatic N) is 6.